The highest BCUT2D eigenvalue weighted by molar-refractivity contribution is 6.30. The minimum Gasteiger partial charge on any atom is -0.493 e. The molecule has 1 unspecified atom stereocenters. The topological polar surface area (TPSA) is 88.1 Å². The average molecular weight is 531 g/mol. The molecule has 1 saturated carbocycles. The third-order valence-electron chi connectivity index (χ3n) is 6.76. The summed E-state index contributed by atoms with van der Waals surface area (Å²) >= 11 is 6.17. The van der Waals surface area contributed by atoms with Gasteiger partial charge >= 0.3 is 0 Å². The Morgan fingerprint density at radius 3 is 2.35 bits per heavy atom. The standard InChI is InChI=1S/C25H30ClNO3.C4H9NO2/c1-16(2)30-23-15-21-18(13-22(23)29-3)14-24(28)27(20-7-5-4-6-8-20)25(21)17-9-11-19(26)12-10-17;1-5-4(7)2-3-6/h9-13,15-16,20,25H,4-8,14H2,1-3H3;6H,2-3H2,1H3,(H,5,7). The predicted octanol–water partition coefficient (Wildman–Crippen LogP) is 5.06. The Kier molecular flexibility index (Phi) is 10.6. The second-order valence-corrected chi connectivity index (χ2v) is 10.2. The summed E-state index contributed by atoms with van der Waals surface area (Å²) in [6.07, 6.45) is 6.38. The summed E-state index contributed by atoms with van der Waals surface area (Å²) in [7, 11) is 3.18. The molecular weight excluding hydrogens is 492 g/mol. The fourth-order valence-electron chi connectivity index (χ4n) is 5.06. The molecule has 37 heavy (non-hydrogen) atoms. The van der Waals surface area contributed by atoms with Crippen LogP contribution in [-0.4, -0.2) is 54.7 Å². The van der Waals surface area contributed by atoms with Crippen molar-refractivity contribution in [3.8, 4) is 11.5 Å². The normalized spacial score (nSPS) is 17.5. The third kappa shape index (κ3) is 7.39. The van der Waals surface area contributed by atoms with Crippen molar-refractivity contribution in [1.82, 2.24) is 10.2 Å². The first kappa shape index (κ1) is 28.8. The first-order valence-electron chi connectivity index (χ1n) is 13.0. The van der Waals surface area contributed by atoms with Crippen LogP contribution < -0.4 is 14.8 Å². The summed E-state index contributed by atoms with van der Waals surface area (Å²) < 4.78 is 11.6. The SMILES string of the molecule is CNC(=O)CCO.COc1cc2c(cc1OC(C)C)C(c1ccc(Cl)cc1)N(C1CCCCC1)C(=O)C2. The second kappa shape index (κ2) is 13.7. The molecule has 2 aliphatic rings. The van der Waals surface area contributed by atoms with Crippen molar-refractivity contribution in [2.45, 2.75) is 77.0 Å². The minimum atomic E-state index is -0.137. The van der Waals surface area contributed by atoms with E-state index in [1.165, 1.54) is 26.3 Å². The smallest absolute Gasteiger partial charge is 0.228 e. The van der Waals surface area contributed by atoms with Crippen molar-refractivity contribution in [3.05, 3.63) is 58.1 Å². The third-order valence-corrected chi connectivity index (χ3v) is 7.01. The van der Waals surface area contributed by atoms with Crippen molar-refractivity contribution in [1.29, 1.82) is 0 Å². The Morgan fingerprint density at radius 2 is 1.81 bits per heavy atom. The number of carbonyl (C=O) groups is 2. The molecule has 4 rings (SSSR count). The van der Waals surface area contributed by atoms with Gasteiger partial charge in [0, 0.05) is 24.5 Å². The molecule has 0 saturated heterocycles. The summed E-state index contributed by atoms with van der Waals surface area (Å²) in [6.45, 7) is 3.94. The van der Waals surface area contributed by atoms with Crippen molar-refractivity contribution in [2.75, 3.05) is 20.8 Å². The number of fused-ring (bicyclic) bond motifs is 1. The zero-order valence-electron chi connectivity index (χ0n) is 22.3. The van der Waals surface area contributed by atoms with Crippen LogP contribution in [0.4, 0.5) is 0 Å². The van der Waals surface area contributed by atoms with E-state index in [1.807, 2.05) is 44.2 Å². The zero-order chi connectivity index (χ0) is 26.9. The maximum Gasteiger partial charge on any atom is 0.228 e. The van der Waals surface area contributed by atoms with Crippen LogP contribution in [0, 0.1) is 0 Å². The summed E-state index contributed by atoms with van der Waals surface area (Å²) in [6, 6.07) is 12.1. The average Bonchev–Trinajstić information content (AvgIpc) is 2.89. The first-order chi connectivity index (χ1) is 17.8. The Hall–Kier alpha value is -2.77. The van der Waals surface area contributed by atoms with Crippen LogP contribution in [0.2, 0.25) is 5.02 Å². The van der Waals surface area contributed by atoms with Gasteiger partial charge in [0.2, 0.25) is 11.8 Å². The first-order valence-corrected chi connectivity index (χ1v) is 13.4. The van der Waals surface area contributed by atoms with Crippen LogP contribution in [0.3, 0.4) is 0 Å². The number of amides is 2. The number of hydrogen-bond acceptors (Lipinski definition) is 5. The monoisotopic (exact) mass is 530 g/mol. The van der Waals surface area contributed by atoms with Crippen LogP contribution in [0.25, 0.3) is 0 Å². The van der Waals surface area contributed by atoms with E-state index in [-0.39, 0.29) is 43.0 Å². The van der Waals surface area contributed by atoms with Crippen LogP contribution in [0.1, 0.15) is 75.1 Å². The van der Waals surface area contributed by atoms with Gasteiger partial charge in [0.1, 0.15) is 0 Å². The minimum absolute atomic E-state index is 0.0330. The number of hydrogen-bond donors (Lipinski definition) is 2. The number of benzene rings is 2. The highest BCUT2D eigenvalue weighted by Crippen LogP contribution is 2.44. The van der Waals surface area contributed by atoms with Gasteiger partial charge in [0.15, 0.2) is 11.5 Å². The van der Waals surface area contributed by atoms with E-state index in [0.717, 1.165) is 35.3 Å². The summed E-state index contributed by atoms with van der Waals surface area (Å²) in [4.78, 5) is 25.7. The molecule has 2 aromatic rings. The van der Waals surface area contributed by atoms with E-state index in [2.05, 4.69) is 16.3 Å². The molecule has 2 amide bonds. The molecule has 0 radical (unpaired) electrons. The molecule has 1 aliphatic carbocycles. The molecular formula is C29H39ClN2O5. The van der Waals surface area contributed by atoms with Gasteiger partial charge in [-0.25, -0.2) is 0 Å². The van der Waals surface area contributed by atoms with E-state index >= 15 is 0 Å². The Morgan fingerprint density at radius 1 is 1.14 bits per heavy atom. The molecule has 1 atom stereocenters. The quantitative estimate of drug-likeness (QED) is 0.522. The Balaban J connectivity index is 0.000000479. The van der Waals surface area contributed by atoms with Gasteiger partial charge in [-0.3, -0.25) is 9.59 Å². The van der Waals surface area contributed by atoms with E-state index in [4.69, 9.17) is 26.2 Å². The molecule has 7 nitrogen and oxygen atoms in total. The maximum absolute atomic E-state index is 13.4. The van der Waals surface area contributed by atoms with Gasteiger partial charge in [0.25, 0.3) is 0 Å². The van der Waals surface area contributed by atoms with Gasteiger partial charge in [-0.1, -0.05) is 43.0 Å². The lowest BCUT2D eigenvalue weighted by Crippen LogP contribution is -2.47. The molecule has 2 N–H and O–H groups in total. The summed E-state index contributed by atoms with van der Waals surface area (Å²) in [5.41, 5.74) is 3.22. The molecule has 0 bridgehead atoms. The Bertz CT molecular complexity index is 1050. The highest BCUT2D eigenvalue weighted by atomic mass is 35.5. The second-order valence-electron chi connectivity index (χ2n) is 9.74. The van der Waals surface area contributed by atoms with Crippen molar-refractivity contribution >= 4 is 23.4 Å². The number of ether oxygens (including phenoxy) is 2. The van der Waals surface area contributed by atoms with Crippen LogP contribution in [-0.2, 0) is 16.0 Å². The lowest BCUT2D eigenvalue weighted by atomic mass is 9.83. The van der Waals surface area contributed by atoms with Crippen molar-refractivity contribution in [3.63, 3.8) is 0 Å². The van der Waals surface area contributed by atoms with Gasteiger partial charge < -0.3 is 24.8 Å². The molecule has 8 heteroatoms. The van der Waals surface area contributed by atoms with Gasteiger partial charge in [-0.2, -0.15) is 0 Å². The lowest BCUT2D eigenvalue weighted by molar-refractivity contribution is -0.136. The number of nitrogens with zero attached hydrogens (tertiary/aromatic N) is 1. The van der Waals surface area contributed by atoms with E-state index < -0.39 is 0 Å². The van der Waals surface area contributed by atoms with E-state index in [1.54, 1.807) is 7.11 Å². The van der Waals surface area contributed by atoms with Crippen molar-refractivity contribution < 1.29 is 24.2 Å². The lowest BCUT2D eigenvalue weighted by Gasteiger charge is -2.44. The van der Waals surface area contributed by atoms with Crippen LogP contribution in [0.5, 0.6) is 11.5 Å². The molecule has 2 aromatic carbocycles. The fourth-order valence-corrected chi connectivity index (χ4v) is 5.19. The maximum atomic E-state index is 13.4. The molecule has 0 aromatic heterocycles. The number of rotatable bonds is 7. The zero-order valence-corrected chi connectivity index (χ0v) is 23.0. The molecule has 1 aliphatic heterocycles. The van der Waals surface area contributed by atoms with Gasteiger partial charge in [-0.15, -0.1) is 0 Å². The number of methoxy groups -OCH3 is 1. The fraction of sp³-hybridized carbons (Fsp3) is 0.517. The number of aliphatic hydroxyl groups excluding tert-OH is 1. The van der Waals surface area contributed by atoms with Gasteiger partial charge in [-0.05, 0) is 67.6 Å². The predicted molar refractivity (Wildman–Crippen MR) is 145 cm³/mol. The number of nitrogens with one attached hydrogen (secondary N) is 1. The number of halogens is 1. The number of carbonyl (C=O) groups excluding carboxylic acids is 2. The molecule has 1 heterocycles. The van der Waals surface area contributed by atoms with E-state index in [9.17, 15) is 9.59 Å². The molecule has 0 spiro atoms. The highest BCUT2D eigenvalue weighted by Gasteiger charge is 2.39. The largest absolute Gasteiger partial charge is 0.493 e. The van der Waals surface area contributed by atoms with Crippen LogP contribution in [0.15, 0.2) is 36.4 Å². The molecule has 1 fully saturated rings. The Labute approximate surface area is 225 Å². The van der Waals surface area contributed by atoms with Crippen LogP contribution >= 0.6 is 11.6 Å². The molecule has 202 valence electrons. The summed E-state index contributed by atoms with van der Waals surface area (Å²) in [5, 5.41) is 11.2. The van der Waals surface area contributed by atoms with Gasteiger partial charge in [0.05, 0.1) is 32.3 Å². The van der Waals surface area contributed by atoms with Crippen molar-refractivity contribution in [2.24, 2.45) is 0 Å². The summed E-state index contributed by atoms with van der Waals surface area (Å²) in [5.74, 6) is 1.47. The van der Waals surface area contributed by atoms with E-state index in [0.29, 0.717) is 17.2 Å². The number of aliphatic hydroxyl groups is 1.